The zero-order valence-corrected chi connectivity index (χ0v) is 13.3. The molecule has 6 nitrogen and oxygen atoms in total. The van der Waals surface area contributed by atoms with Gasteiger partial charge in [-0.15, -0.1) is 0 Å². The number of piperidine rings is 1. The van der Waals surface area contributed by atoms with Crippen LogP contribution in [0.2, 0.25) is 0 Å². The smallest absolute Gasteiger partial charge is 0.325 e. The molecule has 4 amide bonds. The van der Waals surface area contributed by atoms with Gasteiger partial charge in [0.1, 0.15) is 12.6 Å². The van der Waals surface area contributed by atoms with Gasteiger partial charge in [0.15, 0.2) is 0 Å². The van der Waals surface area contributed by atoms with Gasteiger partial charge in [-0.1, -0.05) is 27.7 Å². The van der Waals surface area contributed by atoms with E-state index in [0.717, 1.165) is 24.3 Å². The monoisotopic (exact) mass is 295 g/mol. The van der Waals surface area contributed by atoms with Crippen LogP contribution < -0.4 is 5.32 Å². The van der Waals surface area contributed by atoms with Gasteiger partial charge in [-0.05, 0) is 24.2 Å². The SMILES string of the molecule is C[C@H]1CCCN(C(=O)CN2C(=O)N[C@@H](C(C)(C)C)C2=O)C1. The summed E-state index contributed by atoms with van der Waals surface area (Å²) in [4.78, 5) is 39.4. The van der Waals surface area contributed by atoms with Crippen molar-refractivity contribution in [2.45, 2.75) is 46.6 Å². The molecule has 2 aliphatic rings. The van der Waals surface area contributed by atoms with Gasteiger partial charge >= 0.3 is 6.03 Å². The molecule has 21 heavy (non-hydrogen) atoms. The molecule has 6 heteroatoms. The van der Waals surface area contributed by atoms with Gasteiger partial charge in [0.25, 0.3) is 5.91 Å². The van der Waals surface area contributed by atoms with E-state index >= 15 is 0 Å². The van der Waals surface area contributed by atoms with Crippen molar-refractivity contribution in [3.63, 3.8) is 0 Å². The maximum absolute atomic E-state index is 12.3. The lowest BCUT2D eigenvalue weighted by Gasteiger charge is -2.31. The Morgan fingerprint density at radius 3 is 2.52 bits per heavy atom. The third-order valence-electron chi connectivity index (χ3n) is 4.20. The van der Waals surface area contributed by atoms with E-state index in [-0.39, 0.29) is 23.8 Å². The fourth-order valence-corrected chi connectivity index (χ4v) is 2.91. The first-order chi connectivity index (χ1) is 9.70. The van der Waals surface area contributed by atoms with Crippen LogP contribution in [0.3, 0.4) is 0 Å². The van der Waals surface area contributed by atoms with E-state index < -0.39 is 12.1 Å². The topological polar surface area (TPSA) is 69.7 Å². The van der Waals surface area contributed by atoms with Crippen LogP contribution in [0.25, 0.3) is 0 Å². The Bertz CT molecular complexity index is 456. The number of rotatable bonds is 2. The zero-order chi connectivity index (χ0) is 15.8. The molecule has 2 atom stereocenters. The molecule has 0 spiro atoms. The summed E-state index contributed by atoms with van der Waals surface area (Å²) in [5.74, 6) is 0.0404. The second kappa shape index (κ2) is 5.66. The van der Waals surface area contributed by atoms with E-state index in [1.165, 1.54) is 0 Å². The Hall–Kier alpha value is -1.59. The van der Waals surface area contributed by atoms with E-state index in [0.29, 0.717) is 12.5 Å². The van der Waals surface area contributed by atoms with Gasteiger partial charge in [-0.25, -0.2) is 4.79 Å². The van der Waals surface area contributed by atoms with Crippen molar-refractivity contribution in [2.24, 2.45) is 11.3 Å². The molecule has 0 aromatic carbocycles. The molecule has 0 aliphatic carbocycles. The van der Waals surface area contributed by atoms with E-state index in [9.17, 15) is 14.4 Å². The fraction of sp³-hybridized carbons (Fsp3) is 0.800. The summed E-state index contributed by atoms with van der Waals surface area (Å²) in [6, 6.07) is -1.02. The maximum Gasteiger partial charge on any atom is 0.325 e. The molecule has 0 saturated carbocycles. The van der Waals surface area contributed by atoms with Crippen molar-refractivity contribution < 1.29 is 14.4 Å². The number of amides is 4. The predicted octanol–water partition coefficient (Wildman–Crippen LogP) is 1.21. The summed E-state index contributed by atoms with van der Waals surface area (Å²) in [6.07, 6.45) is 2.11. The molecule has 0 aromatic rings. The first-order valence-corrected chi connectivity index (χ1v) is 7.60. The molecule has 0 radical (unpaired) electrons. The molecule has 2 saturated heterocycles. The number of hydrogen-bond donors (Lipinski definition) is 1. The lowest BCUT2D eigenvalue weighted by atomic mass is 9.87. The average molecular weight is 295 g/mol. The summed E-state index contributed by atoms with van der Waals surface area (Å²) in [5.41, 5.74) is -0.357. The van der Waals surface area contributed by atoms with Gasteiger partial charge in [0.05, 0.1) is 0 Å². The van der Waals surface area contributed by atoms with Crippen LogP contribution in [-0.2, 0) is 9.59 Å². The number of imide groups is 1. The number of urea groups is 1. The minimum absolute atomic E-state index is 0.139. The predicted molar refractivity (Wildman–Crippen MR) is 78.5 cm³/mol. The summed E-state index contributed by atoms with van der Waals surface area (Å²) in [5, 5.41) is 2.68. The van der Waals surface area contributed by atoms with Gasteiger partial charge in [0, 0.05) is 13.1 Å². The van der Waals surface area contributed by atoms with Crippen LogP contribution in [0.5, 0.6) is 0 Å². The van der Waals surface area contributed by atoms with Crippen molar-refractivity contribution in [2.75, 3.05) is 19.6 Å². The highest BCUT2D eigenvalue weighted by Crippen LogP contribution is 2.25. The van der Waals surface area contributed by atoms with Crippen molar-refractivity contribution in [1.29, 1.82) is 0 Å². The minimum atomic E-state index is -0.557. The molecule has 2 fully saturated rings. The Morgan fingerprint density at radius 2 is 2.00 bits per heavy atom. The van der Waals surface area contributed by atoms with Crippen LogP contribution >= 0.6 is 0 Å². The molecule has 2 heterocycles. The van der Waals surface area contributed by atoms with Crippen LogP contribution in [-0.4, -0.2) is 53.3 Å². The van der Waals surface area contributed by atoms with Crippen molar-refractivity contribution in [3.05, 3.63) is 0 Å². The average Bonchev–Trinajstić information content (AvgIpc) is 2.66. The second-order valence-corrected chi connectivity index (χ2v) is 7.26. The number of carbonyl (C=O) groups is 3. The molecule has 0 unspecified atom stereocenters. The molecule has 1 N–H and O–H groups in total. The van der Waals surface area contributed by atoms with Gasteiger partial charge in [-0.3, -0.25) is 14.5 Å². The highest BCUT2D eigenvalue weighted by Gasteiger charge is 2.45. The van der Waals surface area contributed by atoms with Crippen LogP contribution in [0.1, 0.15) is 40.5 Å². The third-order valence-corrected chi connectivity index (χ3v) is 4.20. The van der Waals surface area contributed by atoms with E-state index in [1.54, 1.807) is 4.90 Å². The highest BCUT2D eigenvalue weighted by atomic mass is 16.2. The van der Waals surface area contributed by atoms with Crippen LogP contribution in [0, 0.1) is 11.3 Å². The summed E-state index contributed by atoms with van der Waals surface area (Å²) in [6.45, 7) is 9.09. The number of nitrogens with one attached hydrogen (secondary N) is 1. The normalized spacial score (nSPS) is 27.0. The quantitative estimate of drug-likeness (QED) is 0.779. The van der Waals surface area contributed by atoms with E-state index in [1.807, 2.05) is 20.8 Å². The number of hydrogen-bond acceptors (Lipinski definition) is 3. The van der Waals surface area contributed by atoms with Gasteiger partial charge in [-0.2, -0.15) is 0 Å². The van der Waals surface area contributed by atoms with Crippen molar-refractivity contribution in [3.8, 4) is 0 Å². The molecule has 118 valence electrons. The Kier molecular flexibility index (Phi) is 4.25. The third kappa shape index (κ3) is 3.36. The Morgan fingerprint density at radius 1 is 1.33 bits per heavy atom. The van der Waals surface area contributed by atoms with Crippen LogP contribution in [0.4, 0.5) is 4.79 Å². The number of nitrogens with zero attached hydrogens (tertiary/aromatic N) is 2. The maximum atomic E-state index is 12.3. The Balaban J connectivity index is 2.01. The zero-order valence-electron chi connectivity index (χ0n) is 13.3. The standard InChI is InChI=1S/C15H25N3O3/c1-10-6-5-7-17(8-10)11(19)9-18-13(20)12(15(2,3)4)16-14(18)21/h10,12H,5-9H2,1-4H3,(H,16,21)/t10-,12+/m0/s1. The molecule has 2 rings (SSSR count). The van der Waals surface area contributed by atoms with E-state index in [2.05, 4.69) is 12.2 Å². The number of carbonyl (C=O) groups excluding carboxylic acids is 3. The van der Waals surface area contributed by atoms with Crippen molar-refractivity contribution in [1.82, 2.24) is 15.1 Å². The van der Waals surface area contributed by atoms with Crippen molar-refractivity contribution >= 4 is 17.8 Å². The molecule has 0 aromatic heterocycles. The largest absolute Gasteiger partial charge is 0.341 e. The summed E-state index contributed by atoms with van der Waals surface area (Å²) in [7, 11) is 0. The van der Waals surface area contributed by atoms with Crippen LogP contribution in [0.15, 0.2) is 0 Å². The molecular weight excluding hydrogens is 270 g/mol. The Labute approximate surface area is 125 Å². The fourth-order valence-electron chi connectivity index (χ4n) is 2.91. The number of likely N-dealkylation sites (tertiary alicyclic amines) is 1. The van der Waals surface area contributed by atoms with Gasteiger partial charge < -0.3 is 10.2 Å². The lowest BCUT2D eigenvalue weighted by molar-refractivity contribution is -0.139. The highest BCUT2D eigenvalue weighted by molar-refractivity contribution is 6.06. The molecule has 2 aliphatic heterocycles. The first-order valence-electron chi connectivity index (χ1n) is 7.60. The first kappa shape index (κ1) is 15.8. The minimum Gasteiger partial charge on any atom is -0.341 e. The van der Waals surface area contributed by atoms with Gasteiger partial charge in [0.2, 0.25) is 5.91 Å². The molecule has 0 bridgehead atoms. The second-order valence-electron chi connectivity index (χ2n) is 7.26. The van der Waals surface area contributed by atoms with E-state index in [4.69, 9.17) is 0 Å². The summed E-state index contributed by atoms with van der Waals surface area (Å²) < 4.78 is 0. The summed E-state index contributed by atoms with van der Waals surface area (Å²) >= 11 is 0. The lowest BCUT2D eigenvalue weighted by Crippen LogP contribution is -2.47. The molecular formula is C15H25N3O3.